The summed E-state index contributed by atoms with van der Waals surface area (Å²) in [6, 6.07) is 3.83. The first-order valence-corrected chi connectivity index (χ1v) is 5.53. The van der Waals surface area contributed by atoms with Crippen LogP contribution in [-0.2, 0) is 12.3 Å². The first-order chi connectivity index (χ1) is 7.38. The lowest BCUT2D eigenvalue weighted by atomic mass is 10.4. The van der Waals surface area contributed by atoms with Crippen molar-refractivity contribution in [3.8, 4) is 0 Å². The molecule has 0 bridgehead atoms. The molecule has 15 heavy (non-hydrogen) atoms. The summed E-state index contributed by atoms with van der Waals surface area (Å²) in [5, 5.41) is 0.892. The smallest absolute Gasteiger partial charge is 0.117 e. The van der Waals surface area contributed by atoms with Gasteiger partial charge in [-0.05, 0) is 12.1 Å². The summed E-state index contributed by atoms with van der Waals surface area (Å²) < 4.78 is 5.46. The summed E-state index contributed by atoms with van der Waals surface area (Å²) >= 11 is 1.59. The molecule has 2 heterocycles. The number of furan rings is 1. The maximum atomic E-state index is 5.46. The summed E-state index contributed by atoms with van der Waals surface area (Å²) in [7, 11) is 0. The van der Waals surface area contributed by atoms with Crippen LogP contribution in [0.5, 0.6) is 0 Å². The minimum absolute atomic E-state index is 0.440. The van der Waals surface area contributed by atoms with Crippen LogP contribution in [0.4, 0.5) is 0 Å². The van der Waals surface area contributed by atoms with Gasteiger partial charge in [-0.3, -0.25) is 4.98 Å². The number of hydrogen-bond acceptors (Lipinski definition) is 5. The zero-order chi connectivity index (χ0) is 10.5. The van der Waals surface area contributed by atoms with Crippen LogP contribution in [0.3, 0.4) is 0 Å². The molecule has 0 radical (unpaired) electrons. The van der Waals surface area contributed by atoms with E-state index < -0.39 is 0 Å². The van der Waals surface area contributed by atoms with Crippen molar-refractivity contribution in [2.24, 2.45) is 5.73 Å². The Morgan fingerprint density at radius 3 is 2.80 bits per heavy atom. The number of hydrogen-bond donors (Lipinski definition) is 1. The van der Waals surface area contributed by atoms with Gasteiger partial charge in [-0.2, -0.15) is 0 Å². The van der Waals surface area contributed by atoms with Gasteiger partial charge in [-0.15, -0.1) is 0 Å². The van der Waals surface area contributed by atoms with Crippen molar-refractivity contribution >= 4 is 11.8 Å². The third kappa shape index (κ3) is 2.81. The van der Waals surface area contributed by atoms with Gasteiger partial charge in [0.15, 0.2) is 0 Å². The zero-order valence-electron chi connectivity index (χ0n) is 8.09. The Bertz CT molecular complexity index is 416. The van der Waals surface area contributed by atoms with E-state index in [4.69, 9.17) is 10.2 Å². The molecule has 0 atom stereocenters. The highest BCUT2D eigenvalue weighted by Gasteiger charge is 2.02. The van der Waals surface area contributed by atoms with Crippen molar-refractivity contribution in [1.82, 2.24) is 9.97 Å². The van der Waals surface area contributed by atoms with Gasteiger partial charge in [0.2, 0.25) is 0 Å². The van der Waals surface area contributed by atoms with Gasteiger partial charge in [-0.25, -0.2) is 4.98 Å². The molecule has 78 valence electrons. The highest BCUT2D eigenvalue weighted by molar-refractivity contribution is 7.98. The molecule has 4 nitrogen and oxygen atoms in total. The van der Waals surface area contributed by atoms with E-state index in [0.29, 0.717) is 6.54 Å². The molecule has 2 aromatic rings. The highest BCUT2D eigenvalue weighted by atomic mass is 32.2. The largest absolute Gasteiger partial charge is 0.464 e. The fourth-order valence-electron chi connectivity index (χ4n) is 1.11. The molecule has 5 heteroatoms. The molecule has 0 aliphatic heterocycles. The quantitative estimate of drug-likeness (QED) is 0.798. The monoisotopic (exact) mass is 221 g/mol. The van der Waals surface area contributed by atoms with Gasteiger partial charge in [-0.1, -0.05) is 11.8 Å². The van der Waals surface area contributed by atoms with Crippen molar-refractivity contribution in [1.29, 1.82) is 0 Å². The maximum absolute atomic E-state index is 5.46. The lowest BCUT2D eigenvalue weighted by Gasteiger charge is -1.96. The Kier molecular flexibility index (Phi) is 3.37. The Labute approximate surface area is 91.9 Å². The van der Waals surface area contributed by atoms with Gasteiger partial charge in [0.1, 0.15) is 16.5 Å². The maximum Gasteiger partial charge on any atom is 0.117 e. The Balaban J connectivity index is 1.93. The summed E-state index contributed by atoms with van der Waals surface area (Å²) in [5.41, 5.74) is 5.45. The van der Waals surface area contributed by atoms with Crippen molar-refractivity contribution in [2.45, 2.75) is 17.3 Å². The third-order valence-electron chi connectivity index (χ3n) is 1.82. The van der Waals surface area contributed by atoms with E-state index in [2.05, 4.69) is 9.97 Å². The summed E-state index contributed by atoms with van der Waals surface area (Å²) in [6.45, 7) is 0.440. The lowest BCUT2D eigenvalue weighted by molar-refractivity contribution is 0.482. The van der Waals surface area contributed by atoms with Gasteiger partial charge >= 0.3 is 0 Å². The van der Waals surface area contributed by atoms with E-state index in [9.17, 15) is 0 Å². The molecule has 0 aliphatic rings. The van der Waals surface area contributed by atoms with Crippen LogP contribution in [0.25, 0.3) is 0 Å². The molecule has 2 aromatic heterocycles. The van der Waals surface area contributed by atoms with Crippen LogP contribution >= 0.6 is 11.8 Å². The number of thioether (sulfide) groups is 1. The Hall–Kier alpha value is -1.33. The molecule has 0 saturated heterocycles. The highest BCUT2D eigenvalue weighted by Crippen LogP contribution is 2.20. The zero-order valence-corrected chi connectivity index (χ0v) is 8.91. The van der Waals surface area contributed by atoms with E-state index in [1.807, 2.05) is 12.1 Å². The van der Waals surface area contributed by atoms with Crippen molar-refractivity contribution in [3.05, 3.63) is 42.2 Å². The molecule has 2 rings (SSSR count). The molecular weight excluding hydrogens is 210 g/mol. The number of rotatable bonds is 4. The van der Waals surface area contributed by atoms with E-state index in [0.717, 1.165) is 22.3 Å². The van der Waals surface area contributed by atoms with Crippen LogP contribution in [0, 0.1) is 0 Å². The standard InChI is InChI=1S/C10H11N3OS/c11-5-8-1-2-9(14-8)7-15-10-6-12-3-4-13-10/h1-4,6H,5,7,11H2. The van der Waals surface area contributed by atoms with Crippen LogP contribution < -0.4 is 5.73 Å². The second-order valence-electron chi connectivity index (χ2n) is 2.90. The fourth-order valence-corrected chi connectivity index (χ4v) is 1.83. The van der Waals surface area contributed by atoms with Gasteiger partial charge in [0.05, 0.1) is 18.5 Å². The minimum Gasteiger partial charge on any atom is -0.464 e. The average molecular weight is 221 g/mol. The Morgan fingerprint density at radius 1 is 1.27 bits per heavy atom. The number of nitrogens with two attached hydrogens (primary N) is 1. The predicted octanol–water partition coefficient (Wildman–Crippen LogP) is 1.82. The van der Waals surface area contributed by atoms with Gasteiger partial charge < -0.3 is 10.2 Å². The Morgan fingerprint density at radius 2 is 2.13 bits per heavy atom. The predicted molar refractivity (Wildman–Crippen MR) is 58.2 cm³/mol. The molecule has 0 aliphatic carbocycles. The second kappa shape index (κ2) is 4.95. The van der Waals surface area contributed by atoms with E-state index >= 15 is 0 Å². The molecule has 0 amide bonds. The van der Waals surface area contributed by atoms with Crippen molar-refractivity contribution in [2.75, 3.05) is 0 Å². The van der Waals surface area contributed by atoms with Crippen molar-refractivity contribution < 1.29 is 4.42 Å². The van der Waals surface area contributed by atoms with Crippen molar-refractivity contribution in [3.63, 3.8) is 0 Å². The van der Waals surface area contributed by atoms with E-state index in [-0.39, 0.29) is 0 Å². The van der Waals surface area contributed by atoms with Gasteiger partial charge in [0, 0.05) is 12.4 Å². The second-order valence-corrected chi connectivity index (χ2v) is 3.90. The van der Waals surface area contributed by atoms with Crippen LogP contribution in [-0.4, -0.2) is 9.97 Å². The summed E-state index contributed by atoms with van der Waals surface area (Å²) in [5.74, 6) is 2.47. The molecule has 2 N–H and O–H groups in total. The molecular formula is C10H11N3OS. The molecule has 0 unspecified atom stereocenters. The topological polar surface area (TPSA) is 64.9 Å². The first kappa shape index (κ1) is 10.2. The first-order valence-electron chi connectivity index (χ1n) is 4.55. The molecule has 0 aromatic carbocycles. The van der Waals surface area contributed by atoms with Crippen LogP contribution in [0.2, 0.25) is 0 Å². The average Bonchev–Trinajstić information content (AvgIpc) is 2.76. The molecule has 0 fully saturated rings. The third-order valence-corrected chi connectivity index (χ3v) is 2.76. The van der Waals surface area contributed by atoms with Gasteiger partial charge in [0.25, 0.3) is 0 Å². The minimum atomic E-state index is 0.440. The van der Waals surface area contributed by atoms with E-state index in [1.54, 1.807) is 30.4 Å². The lowest BCUT2D eigenvalue weighted by Crippen LogP contribution is -1.92. The number of aromatic nitrogens is 2. The normalized spacial score (nSPS) is 10.5. The fraction of sp³-hybridized carbons (Fsp3) is 0.200. The summed E-state index contributed by atoms with van der Waals surface area (Å²) in [4.78, 5) is 8.14. The van der Waals surface area contributed by atoms with E-state index in [1.165, 1.54) is 0 Å². The molecule has 0 spiro atoms. The number of nitrogens with zero attached hydrogens (tertiary/aromatic N) is 2. The van der Waals surface area contributed by atoms with Crippen LogP contribution in [0.15, 0.2) is 40.2 Å². The summed E-state index contributed by atoms with van der Waals surface area (Å²) in [6.07, 6.45) is 5.07. The SMILES string of the molecule is NCc1ccc(CSc2cnccn2)o1. The van der Waals surface area contributed by atoms with Crippen LogP contribution in [0.1, 0.15) is 11.5 Å². The molecule has 0 saturated carbocycles.